The van der Waals surface area contributed by atoms with E-state index in [0.717, 1.165) is 24.0 Å². The van der Waals surface area contributed by atoms with Crippen molar-refractivity contribution in [1.82, 2.24) is 0 Å². The van der Waals surface area contributed by atoms with Crippen molar-refractivity contribution in [1.29, 1.82) is 0 Å². The largest absolute Gasteiger partial charge is 0.206 e. The fourth-order valence-electron chi connectivity index (χ4n) is 1.18. The van der Waals surface area contributed by atoms with E-state index in [9.17, 15) is 4.39 Å². The Kier molecular flexibility index (Phi) is 2.64. The second-order valence-corrected chi connectivity index (χ2v) is 2.60. The average Bonchev–Trinajstić information content (AvgIpc) is 2.05. The second kappa shape index (κ2) is 3.51. The predicted molar refractivity (Wildman–Crippen MR) is 45.2 cm³/mol. The molecule has 60 valence electrons. The summed E-state index contributed by atoms with van der Waals surface area (Å²) < 4.78 is 13.3. The summed E-state index contributed by atoms with van der Waals surface area (Å²) >= 11 is 0. The zero-order valence-electron chi connectivity index (χ0n) is 7.02. The summed E-state index contributed by atoms with van der Waals surface area (Å²) in [5, 5.41) is 0. The normalized spacial score (nSPS) is 10.1. The summed E-state index contributed by atoms with van der Waals surface area (Å²) in [4.78, 5) is 0. The molecule has 0 unspecified atom stereocenters. The summed E-state index contributed by atoms with van der Waals surface area (Å²) in [6.07, 6.45) is 1.55. The molecule has 11 heavy (non-hydrogen) atoms. The van der Waals surface area contributed by atoms with E-state index in [-0.39, 0.29) is 5.82 Å². The molecule has 1 rings (SSSR count). The van der Waals surface area contributed by atoms with Crippen molar-refractivity contribution in [3.8, 4) is 0 Å². The minimum Gasteiger partial charge on any atom is -0.206 e. The van der Waals surface area contributed by atoms with Crippen molar-refractivity contribution in [3.63, 3.8) is 0 Å². The summed E-state index contributed by atoms with van der Waals surface area (Å²) in [6, 6.07) is 5.60. The van der Waals surface area contributed by atoms with Crippen LogP contribution in [0.3, 0.4) is 0 Å². The molecule has 0 aliphatic heterocycles. The first-order chi connectivity index (χ1) is 5.29. The van der Waals surface area contributed by atoms with E-state index in [1.807, 2.05) is 32.0 Å². The van der Waals surface area contributed by atoms with Gasteiger partial charge in [-0.3, -0.25) is 0 Å². The molecule has 0 heterocycles. The van der Waals surface area contributed by atoms with Crippen molar-refractivity contribution in [3.05, 3.63) is 35.1 Å². The van der Waals surface area contributed by atoms with Crippen LogP contribution in [0.25, 0.3) is 0 Å². The molecule has 0 atom stereocenters. The summed E-state index contributed by atoms with van der Waals surface area (Å²) in [5.74, 6) is -0.0162. The molecule has 0 saturated heterocycles. The molecule has 1 aromatic carbocycles. The molecule has 0 saturated carbocycles. The van der Waals surface area contributed by atoms with Crippen LogP contribution in [-0.4, -0.2) is 0 Å². The zero-order valence-corrected chi connectivity index (χ0v) is 7.02. The van der Waals surface area contributed by atoms with Gasteiger partial charge in [-0.25, -0.2) is 4.39 Å². The Hall–Kier alpha value is -0.850. The average molecular weight is 152 g/mol. The Morgan fingerprint density at radius 3 is 1.91 bits per heavy atom. The molecule has 0 nitrogen and oxygen atoms in total. The molecular formula is C10H13F. The molecular weight excluding hydrogens is 139 g/mol. The third-order valence-corrected chi connectivity index (χ3v) is 1.92. The number of aryl methyl sites for hydroxylation is 2. The van der Waals surface area contributed by atoms with Gasteiger partial charge < -0.3 is 0 Å². The van der Waals surface area contributed by atoms with Gasteiger partial charge in [0.05, 0.1) is 0 Å². The molecule has 0 fully saturated rings. The van der Waals surface area contributed by atoms with Gasteiger partial charge in [-0.15, -0.1) is 0 Å². The van der Waals surface area contributed by atoms with Crippen LogP contribution in [0.15, 0.2) is 18.2 Å². The lowest BCUT2D eigenvalue weighted by atomic mass is 10.1. The number of benzene rings is 1. The Morgan fingerprint density at radius 1 is 1.09 bits per heavy atom. The highest BCUT2D eigenvalue weighted by molar-refractivity contribution is 5.25. The lowest BCUT2D eigenvalue weighted by molar-refractivity contribution is 0.597. The van der Waals surface area contributed by atoms with Gasteiger partial charge in [0.25, 0.3) is 0 Å². The van der Waals surface area contributed by atoms with E-state index in [1.165, 1.54) is 0 Å². The van der Waals surface area contributed by atoms with Crippen LogP contribution in [-0.2, 0) is 12.8 Å². The molecule has 0 spiro atoms. The second-order valence-electron chi connectivity index (χ2n) is 2.60. The van der Waals surface area contributed by atoms with Gasteiger partial charge in [-0.2, -0.15) is 0 Å². The molecule has 1 heteroatoms. The third-order valence-electron chi connectivity index (χ3n) is 1.92. The van der Waals surface area contributed by atoms with Gasteiger partial charge >= 0.3 is 0 Å². The maximum atomic E-state index is 13.3. The summed E-state index contributed by atoms with van der Waals surface area (Å²) in [7, 11) is 0. The van der Waals surface area contributed by atoms with Gasteiger partial charge in [-0.05, 0) is 24.0 Å². The highest BCUT2D eigenvalue weighted by Crippen LogP contribution is 2.13. The molecule has 1 aromatic rings. The monoisotopic (exact) mass is 152 g/mol. The standard InChI is InChI=1S/C10H13F/c1-3-8-6-5-7-9(4-2)10(8)11/h5-7H,3-4H2,1-2H3. The van der Waals surface area contributed by atoms with Crippen LogP contribution in [0.1, 0.15) is 25.0 Å². The smallest absolute Gasteiger partial charge is 0.129 e. The van der Waals surface area contributed by atoms with Crippen LogP contribution >= 0.6 is 0 Å². The Balaban J connectivity index is 3.10. The predicted octanol–water partition coefficient (Wildman–Crippen LogP) is 2.95. The first kappa shape index (κ1) is 8.25. The number of rotatable bonds is 2. The highest BCUT2D eigenvalue weighted by Gasteiger charge is 2.02. The van der Waals surface area contributed by atoms with E-state index in [1.54, 1.807) is 0 Å². The fraction of sp³-hybridized carbons (Fsp3) is 0.400. The van der Waals surface area contributed by atoms with Crippen molar-refractivity contribution in [2.24, 2.45) is 0 Å². The van der Waals surface area contributed by atoms with E-state index < -0.39 is 0 Å². The highest BCUT2D eigenvalue weighted by atomic mass is 19.1. The van der Waals surface area contributed by atoms with Gasteiger partial charge in [-0.1, -0.05) is 32.0 Å². The molecule has 0 aliphatic carbocycles. The van der Waals surface area contributed by atoms with Gasteiger partial charge in [0, 0.05) is 0 Å². The first-order valence-electron chi connectivity index (χ1n) is 4.05. The molecule has 0 aromatic heterocycles. The molecule has 0 aliphatic rings. The van der Waals surface area contributed by atoms with Gasteiger partial charge in [0.2, 0.25) is 0 Å². The number of halogens is 1. The van der Waals surface area contributed by atoms with Crippen molar-refractivity contribution in [2.75, 3.05) is 0 Å². The quantitative estimate of drug-likeness (QED) is 0.611. The SMILES string of the molecule is CCc1cccc(CC)c1F. The molecule has 0 amide bonds. The van der Waals surface area contributed by atoms with Gasteiger partial charge in [0.1, 0.15) is 5.82 Å². The van der Waals surface area contributed by atoms with Crippen molar-refractivity contribution in [2.45, 2.75) is 26.7 Å². The molecule has 0 N–H and O–H groups in total. The number of hydrogen-bond donors (Lipinski definition) is 0. The van der Waals surface area contributed by atoms with Crippen molar-refractivity contribution >= 4 is 0 Å². The minimum atomic E-state index is -0.0162. The van der Waals surface area contributed by atoms with Crippen LogP contribution < -0.4 is 0 Å². The lowest BCUT2D eigenvalue weighted by Gasteiger charge is -2.03. The maximum absolute atomic E-state index is 13.3. The lowest BCUT2D eigenvalue weighted by Crippen LogP contribution is -1.93. The van der Waals surface area contributed by atoms with E-state index >= 15 is 0 Å². The van der Waals surface area contributed by atoms with E-state index in [2.05, 4.69) is 0 Å². The van der Waals surface area contributed by atoms with Gasteiger partial charge in [0.15, 0.2) is 0 Å². The zero-order chi connectivity index (χ0) is 8.27. The van der Waals surface area contributed by atoms with Crippen LogP contribution in [0.2, 0.25) is 0 Å². The maximum Gasteiger partial charge on any atom is 0.129 e. The minimum absolute atomic E-state index is 0.0162. The molecule has 0 radical (unpaired) electrons. The van der Waals surface area contributed by atoms with Crippen LogP contribution in [0.4, 0.5) is 4.39 Å². The van der Waals surface area contributed by atoms with Crippen molar-refractivity contribution < 1.29 is 4.39 Å². The topological polar surface area (TPSA) is 0 Å². The van der Waals surface area contributed by atoms with Crippen LogP contribution in [0.5, 0.6) is 0 Å². The Morgan fingerprint density at radius 2 is 1.55 bits per heavy atom. The van der Waals surface area contributed by atoms with E-state index in [0.29, 0.717) is 0 Å². The number of hydrogen-bond acceptors (Lipinski definition) is 0. The fourth-order valence-corrected chi connectivity index (χ4v) is 1.18. The molecule has 0 bridgehead atoms. The van der Waals surface area contributed by atoms with Crippen LogP contribution in [0, 0.1) is 5.82 Å². The third kappa shape index (κ3) is 1.59. The Bertz CT molecular complexity index is 218. The Labute approximate surface area is 67.1 Å². The summed E-state index contributed by atoms with van der Waals surface area (Å²) in [6.45, 7) is 3.94. The summed E-state index contributed by atoms with van der Waals surface area (Å²) in [5.41, 5.74) is 1.65. The van der Waals surface area contributed by atoms with E-state index in [4.69, 9.17) is 0 Å². The first-order valence-corrected chi connectivity index (χ1v) is 4.05.